The number of carbonyl (C=O) groups is 2. The molecule has 1 aromatic heterocycles. The number of pyridine rings is 1. The molecule has 5 nitrogen and oxygen atoms in total. The van der Waals surface area contributed by atoms with Crippen LogP contribution >= 0.6 is 0 Å². The molecule has 0 aliphatic rings. The topological polar surface area (TPSA) is 68.3 Å². The van der Waals surface area contributed by atoms with Gasteiger partial charge >= 0.3 is 5.97 Å². The minimum atomic E-state index is -0.616. The van der Waals surface area contributed by atoms with Crippen molar-refractivity contribution in [2.24, 2.45) is 0 Å². The molecule has 17 heavy (non-hydrogen) atoms. The molecule has 0 fully saturated rings. The molecule has 0 bridgehead atoms. The average molecular weight is 240 g/mol. The molecule has 1 amide bonds. The van der Waals surface area contributed by atoms with Crippen LogP contribution in [0.1, 0.15) is 19.8 Å². The maximum absolute atomic E-state index is 12.5. The molecule has 0 saturated carbocycles. The number of esters is 1. The quantitative estimate of drug-likeness (QED) is 0.625. The summed E-state index contributed by atoms with van der Waals surface area (Å²) in [6.07, 6.45) is 1.25. The van der Waals surface area contributed by atoms with Crippen LogP contribution in [0.25, 0.3) is 0 Å². The smallest absolute Gasteiger partial charge is 0.306 e. The van der Waals surface area contributed by atoms with Gasteiger partial charge < -0.3 is 10.1 Å². The zero-order valence-electron chi connectivity index (χ0n) is 9.40. The predicted molar refractivity (Wildman–Crippen MR) is 58.7 cm³/mol. The average Bonchev–Trinajstić information content (AvgIpc) is 2.30. The summed E-state index contributed by atoms with van der Waals surface area (Å²) in [4.78, 5) is 25.7. The maximum Gasteiger partial charge on any atom is 0.306 e. The van der Waals surface area contributed by atoms with Crippen molar-refractivity contribution in [3.63, 3.8) is 0 Å². The van der Waals surface area contributed by atoms with Crippen molar-refractivity contribution in [1.29, 1.82) is 0 Å². The van der Waals surface area contributed by atoms with Crippen LogP contribution in [0.15, 0.2) is 18.3 Å². The summed E-state index contributed by atoms with van der Waals surface area (Å²) < 4.78 is 17.2. The molecule has 1 aromatic rings. The number of amides is 1. The van der Waals surface area contributed by atoms with Crippen LogP contribution < -0.4 is 5.32 Å². The summed E-state index contributed by atoms with van der Waals surface area (Å²) in [5.74, 6) is -1.37. The van der Waals surface area contributed by atoms with Crippen LogP contribution in [0.4, 0.5) is 10.1 Å². The van der Waals surface area contributed by atoms with Gasteiger partial charge in [0, 0.05) is 6.42 Å². The van der Waals surface area contributed by atoms with Crippen molar-refractivity contribution in [3.05, 3.63) is 24.3 Å². The minimum absolute atomic E-state index is 0.0221. The number of nitrogens with one attached hydrogen (secondary N) is 1. The molecular weight excluding hydrogens is 227 g/mol. The Bertz CT molecular complexity index is 392. The third kappa shape index (κ3) is 5.05. The molecule has 0 aliphatic heterocycles. The summed E-state index contributed by atoms with van der Waals surface area (Å²) >= 11 is 0. The van der Waals surface area contributed by atoms with E-state index in [9.17, 15) is 14.0 Å². The van der Waals surface area contributed by atoms with Crippen LogP contribution in [0, 0.1) is 5.95 Å². The highest BCUT2D eigenvalue weighted by Crippen LogP contribution is 2.06. The zero-order chi connectivity index (χ0) is 12.7. The van der Waals surface area contributed by atoms with Crippen molar-refractivity contribution in [3.8, 4) is 0 Å². The number of aromatic nitrogens is 1. The number of anilines is 1. The van der Waals surface area contributed by atoms with Gasteiger partial charge in [0.05, 0.1) is 24.9 Å². The number of hydrogen-bond acceptors (Lipinski definition) is 4. The molecular formula is C11H13FN2O3. The minimum Gasteiger partial charge on any atom is -0.466 e. The molecule has 0 saturated heterocycles. The van der Waals surface area contributed by atoms with E-state index in [2.05, 4.69) is 15.0 Å². The van der Waals surface area contributed by atoms with Crippen molar-refractivity contribution in [2.45, 2.75) is 19.8 Å². The first-order valence-corrected chi connectivity index (χ1v) is 5.19. The lowest BCUT2D eigenvalue weighted by atomic mass is 10.3. The number of halogens is 1. The Labute approximate surface area is 98.0 Å². The van der Waals surface area contributed by atoms with Crippen molar-refractivity contribution in [2.75, 3.05) is 11.9 Å². The molecule has 0 spiro atoms. The van der Waals surface area contributed by atoms with Gasteiger partial charge in [-0.15, -0.1) is 0 Å². The second-order valence-electron chi connectivity index (χ2n) is 3.22. The highest BCUT2D eigenvalue weighted by atomic mass is 19.1. The molecule has 1 heterocycles. The highest BCUT2D eigenvalue weighted by molar-refractivity contribution is 5.92. The largest absolute Gasteiger partial charge is 0.466 e. The lowest BCUT2D eigenvalue weighted by Crippen LogP contribution is -2.14. The molecule has 0 unspecified atom stereocenters. The van der Waals surface area contributed by atoms with E-state index in [0.717, 1.165) is 6.07 Å². The first-order chi connectivity index (χ1) is 8.11. The number of carbonyl (C=O) groups excluding carboxylic acids is 2. The normalized spacial score (nSPS) is 9.76. The van der Waals surface area contributed by atoms with Gasteiger partial charge in [-0.1, -0.05) is 0 Å². The summed E-state index contributed by atoms with van der Waals surface area (Å²) in [6.45, 7) is 1.99. The SMILES string of the molecule is CCOC(=O)CCC(=O)Nc1ccc(F)nc1. The summed E-state index contributed by atoms with van der Waals surface area (Å²) in [5.41, 5.74) is 0.389. The lowest BCUT2D eigenvalue weighted by molar-refractivity contribution is -0.144. The van der Waals surface area contributed by atoms with E-state index in [0.29, 0.717) is 12.3 Å². The summed E-state index contributed by atoms with van der Waals surface area (Å²) in [7, 11) is 0. The van der Waals surface area contributed by atoms with Crippen molar-refractivity contribution < 1.29 is 18.7 Å². The van der Waals surface area contributed by atoms with Crippen LogP contribution in [0.3, 0.4) is 0 Å². The summed E-state index contributed by atoms with van der Waals surface area (Å²) in [6, 6.07) is 2.53. The Hall–Kier alpha value is -1.98. The van der Waals surface area contributed by atoms with Crippen LogP contribution in [0.2, 0.25) is 0 Å². The first-order valence-electron chi connectivity index (χ1n) is 5.19. The van der Waals surface area contributed by atoms with E-state index >= 15 is 0 Å². The van der Waals surface area contributed by atoms with Gasteiger partial charge in [-0.05, 0) is 19.1 Å². The van der Waals surface area contributed by atoms with Crippen molar-refractivity contribution in [1.82, 2.24) is 4.98 Å². The monoisotopic (exact) mass is 240 g/mol. The van der Waals surface area contributed by atoms with Crippen molar-refractivity contribution >= 4 is 17.6 Å². The van der Waals surface area contributed by atoms with Crippen LogP contribution in [-0.4, -0.2) is 23.5 Å². The third-order valence-corrected chi connectivity index (χ3v) is 1.87. The number of ether oxygens (including phenoxy) is 1. The van der Waals surface area contributed by atoms with E-state index in [1.807, 2.05) is 0 Å². The van der Waals surface area contributed by atoms with Gasteiger partial charge in [0.2, 0.25) is 11.9 Å². The van der Waals surface area contributed by atoms with Gasteiger partial charge in [-0.25, -0.2) is 4.98 Å². The summed E-state index contributed by atoms with van der Waals surface area (Å²) in [5, 5.41) is 2.49. The van der Waals surface area contributed by atoms with E-state index in [-0.39, 0.29) is 18.7 Å². The fourth-order valence-electron chi connectivity index (χ4n) is 1.12. The second-order valence-corrected chi connectivity index (χ2v) is 3.22. The van der Waals surface area contributed by atoms with Gasteiger partial charge in [-0.3, -0.25) is 9.59 Å². The maximum atomic E-state index is 12.5. The fraction of sp³-hybridized carbons (Fsp3) is 0.364. The number of nitrogens with zero attached hydrogens (tertiary/aromatic N) is 1. The van der Waals surface area contributed by atoms with Crippen LogP contribution in [-0.2, 0) is 14.3 Å². The zero-order valence-corrected chi connectivity index (χ0v) is 9.40. The van der Waals surface area contributed by atoms with Crippen LogP contribution in [0.5, 0.6) is 0 Å². The molecule has 6 heteroatoms. The fourth-order valence-corrected chi connectivity index (χ4v) is 1.12. The number of rotatable bonds is 5. The molecule has 0 radical (unpaired) electrons. The van der Waals surface area contributed by atoms with E-state index in [1.54, 1.807) is 6.92 Å². The van der Waals surface area contributed by atoms with Gasteiger partial charge in [0.15, 0.2) is 0 Å². The second kappa shape index (κ2) is 6.57. The first kappa shape index (κ1) is 13.1. The molecule has 0 aromatic carbocycles. The van der Waals surface area contributed by atoms with Gasteiger partial charge in [0.25, 0.3) is 0 Å². The Morgan fingerprint density at radius 3 is 2.76 bits per heavy atom. The highest BCUT2D eigenvalue weighted by Gasteiger charge is 2.07. The standard InChI is InChI=1S/C11H13FN2O3/c1-2-17-11(16)6-5-10(15)14-8-3-4-9(12)13-7-8/h3-4,7H,2,5-6H2,1H3,(H,14,15). The molecule has 1 rings (SSSR count). The molecule has 1 N–H and O–H groups in total. The van der Waals surface area contributed by atoms with E-state index in [1.165, 1.54) is 12.3 Å². The predicted octanol–water partition coefficient (Wildman–Crippen LogP) is 1.50. The van der Waals surface area contributed by atoms with E-state index < -0.39 is 11.9 Å². The Morgan fingerprint density at radius 1 is 1.41 bits per heavy atom. The Morgan fingerprint density at radius 2 is 2.18 bits per heavy atom. The molecule has 92 valence electrons. The van der Waals surface area contributed by atoms with Gasteiger partial charge in [0.1, 0.15) is 0 Å². The molecule has 0 aliphatic carbocycles. The van der Waals surface area contributed by atoms with E-state index in [4.69, 9.17) is 0 Å². The number of hydrogen-bond donors (Lipinski definition) is 1. The molecule has 0 atom stereocenters. The Balaban J connectivity index is 2.34. The lowest BCUT2D eigenvalue weighted by Gasteiger charge is -2.04. The Kier molecular flexibility index (Phi) is 5.06. The third-order valence-electron chi connectivity index (χ3n) is 1.87. The van der Waals surface area contributed by atoms with Gasteiger partial charge in [-0.2, -0.15) is 4.39 Å².